The van der Waals surface area contributed by atoms with Crippen molar-refractivity contribution in [2.75, 3.05) is 0 Å². The van der Waals surface area contributed by atoms with Crippen LogP contribution in [0.1, 0.15) is 59.8 Å². The Labute approximate surface area is 106 Å². The van der Waals surface area contributed by atoms with E-state index in [0.717, 1.165) is 0 Å². The molecule has 0 spiro atoms. The van der Waals surface area contributed by atoms with Gasteiger partial charge in [0.2, 0.25) is 5.91 Å². The van der Waals surface area contributed by atoms with Gasteiger partial charge in [0.1, 0.15) is 0 Å². The van der Waals surface area contributed by atoms with Gasteiger partial charge in [-0.3, -0.25) is 4.79 Å². The van der Waals surface area contributed by atoms with E-state index in [4.69, 9.17) is 5.73 Å². The first-order chi connectivity index (χ1) is 7.82. The van der Waals surface area contributed by atoms with E-state index in [-0.39, 0.29) is 17.4 Å². The molecule has 1 rings (SSSR count). The number of nitrogens with one attached hydrogen (secondary N) is 1. The molecule has 1 amide bonds. The summed E-state index contributed by atoms with van der Waals surface area (Å²) in [6.07, 6.45) is 6.43. The van der Waals surface area contributed by atoms with E-state index < -0.39 is 6.04 Å². The predicted octanol–water partition coefficient (Wildman–Crippen LogP) is 2.44. The molecule has 0 bridgehead atoms. The van der Waals surface area contributed by atoms with Gasteiger partial charge in [0, 0.05) is 6.04 Å². The zero-order valence-corrected chi connectivity index (χ0v) is 11.8. The molecular weight excluding hydrogens is 212 g/mol. The molecule has 3 nitrogen and oxygen atoms in total. The van der Waals surface area contributed by atoms with Crippen molar-refractivity contribution in [2.45, 2.75) is 71.9 Å². The zero-order chi connectivity index (χ0) is 13.1. The van der Waals surface area contributed by atoms with Crippen molar-refractivity contribution < 1.29 is 4.79 Å². The Morgan fingerprint density at radius 1 is 1.24 bits per heavy atom. The van der Waals surface area contributed by atoms with Crippen LogP contribution in [0.15, 0.2) is 0 Å². The van der Waals surface area contributed by atoms with Crippen LogP contribution in [0.2, 0.25) is 0 Å². The number of rotatable bonds is 3. The summed E-state index contributed by atoms with van der Waals surface area (Å²) in [6, 6.07) is -0.162. The van der Waals surface area contributed by atoms with Crippen LogP contribution < -0.4 is 11.1 Å². The zero-order valence-electron chi connectivity index (χ0n) is 11.8. The fraction of sp³-hybridized carbons (Fsp3) is 0.929. The minimum atomic E-state index is -0.423. The van der Waals surface area contributed by atoms with Crippen LogP contribution in [-0.2, 0) is 4.79 Å². The van der Waals surface area contributed by atoms with Crippen LogP contribution in [-0.4, -0.2) is 18.0 Å². The van der Waals surface area contributed by atoms with Crippen molar-refractivity contribution in [3.05, 3.63) is 0 Å². The molecule has 1 saturated carbocycles. The highest BCUT2D eigenvalue weighted by molar-refractivity contribution is 5.82. The Morgan fingerprint density at radius 2 is 1.76 bits per heavy atom. The van der Waals surface area contributed by atoms with Crippen molar-refractivity contribution in [1.29, 1.82) is 0 Å². The lowest BCUT2D eigenvalue weighted by atomic mass is 9.83. The third-order valence-electron chi connectivity index (χ3n) is 3.94. The van der Waals surface area contributed by atoms with Gasteiger partial charge in [0.25, 0.3) is 0 Å². The van der Waals surface area contributed by atoms with Crippen molar-refractivity contribution in [3.8, 4) is 0 Å². The highest BCUT2D eigenvalue weighted by Crippen LogP contribution is 2.26. The fourth-order valence-electron chi connectivity index (χ4n) is 2.46. The highest BCUT2D eigenvalue weighted by Gasteiger charge is 2.29. The van der Waals surface area contributed by atoms with Crippen LogP contribution >= 0.6 is 0 Å². The topological polar surface area (TPSA) is 55.1 Å². The van der Waals surface area contributed by atoms with E-state index in [1.165, 1.54) is 32.1 Å². The Kier molecular flexibility index (Phi) is 4.99. The van der Waals surface area contributed by atoms with Crippen molar-refractivity contribution in [3.63, 3.8) is 0 Å². The second-order valence-corrected chi connectivity index (χ2v) is 6.54. The first kappa shape index (κ1) is 14.5. The SMILES string of the molecule is C[C@H](NC(=O)[C@H](N)C(C)(C)C)C1CCCCC1. The van der Waals surface area contributed by atoms with E-state index in [1.54, 1.807) is 0 Å². The second kappa shape index (κ2) is 5.85. The van der Waals surface area contributed by atoms with Gasteiger partial charge in [-0.15, -0.1) is 0 Å². The number of hydrogen-bond donors (Lipinski definition) is 2. The van der Waals surface area contributed by atoms with Crippen LogP contribution in [0.25, 0.3) is 0 Å². The predicted molar refractivity (Wildman–Crippen MR) is 71.6 cm³/mol. The normalized spacial score (nSPS) is 21.9. The molecule has 1 aliphatic rings. The summed E-state index contributed by atoms with van der Waals surface area (Å²) in [5, 5.41) is 3.09. The quantitative estimate of drug-likeness (QED) is 0.796. The van der Waals surface area contributed by atoms with Crippen molar-refractivity contribution in [1.82, 2.24) is 5.32 Å². The summed E-state index contributed by atoms with van der Waals surface area (Å²) in [5.41, 5.74) is 5.79. The molecule has 1 aliphatic carbocycles. The molecule has 0 saturated heterocycles. The molecule has 1 fully saturated rings. The van der Waals surface area contributed by atoms with Gasteiger partial charge < -0.3 is 11.1 Å². The number of carbonyl (C=O) groups is 1. The minimum Gasteiger partial charge on any atom is -0.352 e. The molecule has 0 aromatic rings. The third-order valence-corrected chi connectivity index (χ3v) is 3.94. The maximum absolute atomic E-state index is 12.0. The molecule has 0 heterocycles. The van der Waals surface area contributed by atoms with Gasteiger partial charge in [0.15, 0.2) is 0 Å². The molecule has 2 atom stereocenters. The smallest absolute Gasteiger partial charge is 0.237 e. The Balaban J connectivity index is 2.44. The number of amides is 1. The van der Waals surface area contributed by atoms with Gasteiger partial charge >= 0.3 is 0 Å². The number of nitrogens with two attached hydrogens (primary N) is 1. The van der Waals surface area contributed by atoms with Crippen LogP contribution in [0.4, 0.5) is 0 Å². The lowest BCUT2D eigenvalue weighted by Gasteiger charge is -2.31. The molecule has 0 radical (unpaired) electrons. The highest BCUT2D eigenvalue weighted by atomic mass is 16.2. The lowest BCUT2D eigenvalue weighted by molar-refractivity contribution is -0.125. The van der Waals surface area contributed by atoms with E-state index in [0.29, 0.717) is 5.92 Å². The van der Waals surface area contributed by atoms with E-state index >= 15 is 0 Å². The summed E-state index contributed by atoms with van der Waals surface area (Å²) < 4.78 is 0. The molecular formula is C14H28N2O. The molecule has 0 aromatic carbocycles. The average Bonchev–Trinajstić information content (AvgIpc) is 2.27. The van der Waals surface area contributed by atoms with Gasteiger partial charge in [-0.1, -0.05) is 40.0 Å². The maximum Gasteiger partial charge on any atom is 0.237 e. The van der Waals surface area contributed by atoms with Crippen LogP contribution in [0.5, 0.6) is 0 Å². The molecule has 17 heavy (non-hydrogen) atoms. The first-order valence-corrected chi connectivity index (χ1v) is 6.88. The standard InChI is InChI=1S/C14H28N2O/c1-10(11-8-6-5-7-9-11)16-13(17)12(15)14(2,3)4/h10-12H,5-9,15H2,1-4H3,(H,16,17)/t10-,12-/m0/s1. The minimum absolute atomic E-state index is 0.00410. The van der Waals surface area contributed by atoms with Gasteiger partial charge in [-0.05, 0) is 31.1 Å². The summed E-state index contributed by atoms with van der Waals surface area (Å²) in [5.74, 6) is 0.635. The van der Waals surface area contributed by atoms with Crippen LogP contribution in [0, 0.1) is 11.3 Å². The monoisotopic (exact) mass is 240 g/mol. The van der Waals surface area contributed by atoms with Gasteiger partial charge in [-0.25, -0.2) is 0 Å². The molecule has 3 heteroatoms. The Hall–Kier alpha value is -0.570. The summed E-state index contributed by atoms with van der Waals surface area (Å²) in [6.45, 7) is 8.12. The maximum atomic E-state index is 12.0. The second-order valence-electron chi connectivity index (χ2n) is 6.54. The van der Waals surface area contributed by atoms with Crippen molar-refractivity contribution in [2.24, 2.45) is 17.1 Å². The third kappa shape index (κ3) is 4.30. The average molecular weight is 240 g/mol. The largest absolute Gasteiger partial charge is 0.352 e. The number of carbonyl (C=O) groups excluding carboxylic acids is 1. The molecule has 0 aromatic heterocycles. The van der Waals surface area contributed by atoms with Gasteiger partial charge in [0.05, 0.1) is 6.04 Å². The van der Waals surface area contributed by atoms with Gasteiger partial charge in [-0.2, -0.15) is 0 Å². The fourth-order valence-corrected chi connectivity index (χ4v) is 2.46. The van der Waals surface area contributed by atoms with Crippen LogP contribution in [0.3, 0.4) is 0 Å². The molecule has 3 N–H and O–H groups in total. The van der Waals surface area contributed by atoms with E-state index in [2.05, 4.69) is 12.2 Å². The summed E-state index contributed by atoms with van der Waals surface area (Å²) >= 11 is 0. The Morgan fingerprint density at radius 3 is 2.24 bits per heavy atom. The molecule has 0 unspecified atom stereocenters. The first-order valence-electron chi connectivity index (χ1n) is 6.88. The van der Waals surface area contributed by atoms with E-state index in [9.17, 15) is 4.79 Å². The summed E-state index contributed by atoms with van der Waals surface area (Å²) in [7, 11) is 0. The van der Waals surface area contributed by atoms with E-state index in [1.807, 2.05) is 20.8 Å². The molecule has 0 aliphatic heterocycles. The van der Waals surface area contributed by atoms with Crippen molar-refractivity contribution >= 4 is 5.91 Å². The molecule has 100 valence electrons. The number of hydrogen-bond acceptors (Lipinski definition) is 2. The Bertz CT molecular complexity index is 251. The summed E-state index contributed by atoms with van der Waals surface area (Å²) in [4.78, 5) is 12.0. The lowest BCUT2D eigenvalue weighted by Crippen LogP contribution is -2.52.